The molecule has 1 aliphatic carbocycles. The summed E-state index contributed by atoms with van der Waals surface area (Å²) in [5.41, 5.74) is 7.24. The summed E-state index contributed by atoms with van der Waals surface area (Å²) in [7, 11) is 0. The quantitative estimate of drug-likeness (QED) is 0.820. The van der Waals surface area contributed by atoms with E-state index in [1.807, 2.05) is 6.20 Å². The predicted molar refractivity (Wildman–Crippen MR) is 81.4 cm³/mol. The third-order valence-electron chi connectivity index (χ3n) is 3.68. The van der Waals surface area contributed by atoms with Crippen LogP contribution in [0.5, 0.6) is 0 Å². The maximum atomic E-state index is 5.99. The largest absolute Gasteiger partial charge is 0.353 e. The Morgan fingerprint density at radius 2 is 2.11 bits per heavy atom. The molecule has 1 unspecified atom stereocenters. The first-order valence-electron chi connectivity index (χ1n) is 7.57. The monoisotopic (exact) mass is 261 g/mol. The first kappa shape index (κ1) is 14.3. The summed E-state index contributed by atoms with van der Waals surface area (Å²) in [5.74, 6) is 1.81. The molecule has 1 saturated carbocycles. The number of anilines is 1. The summed E-state index contributed by atoms with van der Waals surface area (Å²) in [4.78, 5) is 7.12. The Bertz CT molecular complexity index is 381. The lowest BCUT2D eigenvalue weighted by atomic mass is 10.1. The first-order chi connectivity index (χ1) is 9.10. The standard InChI is InChI=1S/C16H27N3/c1-4-14(17)9-13-5-8-16(18-10-13)19(11-12(2)3)15-6-7-15/h5,8,10,12,14-15H,4,6-7,9,11,17H2,1-3H3. The third-order valence-corrected chi connectivity index (χ3v) is 3.68. The highest BCUT2D eigenvalue weighted by Crippen LogP contribution is 2.31. The van der Waals surface area contributed by atoms with E-state index in [0.29, 0.717) is 5.92 Å². The van der Waals surface area contributed by atoms with Crippen molar-refractivity contribution in [3.05, 3.63) is 23.9 Å². The van der Waals surface area contributed by atoms with Gasteiger partial charge in [0, 0.05) is 24.8 Å². The summed E-state index contributed by atoms with van der Waals surface area (Å²) >= 11 is 0. The minimum atomic E-state index is 0.253. The zero-order valence-electron chi connectivity index (χ0n) is 12.5. The average molecular weight is 261 g/mol. The molecule has 0 bridgehead atoms. The van der Waals surface area contributed by atoms with Crippen molar-refractivity contribution in [2.75, 3.05) is 11.4 Å². The second kappa shape index (κ2) is 6.38. The van der Waals surface area contributed by atoms with Crippen LogP contribution < -0.4 is 10.6 Å². The van der Waals surface area contributed by atoms with E-state index >= 15 is 0 Å². The van der Waals surface area contributed by atoms with Crippen LogP contribution in [-0.2, 0) is 6.42 Å². The Morgan fingerprint density at radius 3 is 2.58 bits per heavy atom. The zero-order valence-corrected chi connectivity index (χ0v) is 12.5. The van der Waals surface area contributed by atoms with Crippen molar-refractivity contribution in [3.63, 3.8) is 0 Å². The molecule has 0 spiro atoms. The van der Waals surface area contributed by atoms with Crippen LogP contribution in [0.2, 0.25) is 0 Å². The molecule has 3 heteroatoms. The van der Waals surface area contributed by atoms with E-state index in [0.717, 1.165) is 31.2 Å². The van der Waals surface area contributed by atoms with Crippen molar-refractivity contribution in [2.45, 2.75) is 58.5 Å². The van der Waals surface area contributed by atoms with Gasteiger partial charge in [-0.2, -0.15) is 0 Å². The van der Waals surface area contributed by atoms with Crippen LogP contribution >= 0.6 is 0 Å². The lowest BCUT2D eigenvalue weighted by molar-refractivity contribution is 0.602. The number of nitrogens with two attached hydrogens (primary N) is 1. The topological polar surface area (TPSA) is 42.1 Å². The third kappa shape index (κ3) is 4.20. The van der Waals surface area contributed by atoms with E-state index in [1.165, 1.54) is 18.4 Å². The molecular formula is C16H27N3. The first-order valence-corrected chi connectivity index (χ1v) is 7.57. The summed E-state index contributed by atoms with van der Waals surface area (Å²) in [5, 5.41) is 0. The maximum Gasteiger partial charge on any atom is 0.128 e. The second-order valence-corrected chi connectivity index (χ2v) is 6.17. The van der Waals surface area contributed by atoms with Crippen molar-refractivity contribution >= 4 is 5.82 Å². The fourth-order valence-corrected chi connectivity index (χ4v) is 2.36. The van der Waals surface area contributed by atoms with Gasteiger partial charge in [0.1, 0.15) is 5.82 Å². The van der Waals surface area contributed by atoms with Gasteiger partial charge in [0.15, 0.2) is 0 Å². The fourth-order valence-electron chi connectivity index (χ4n) is 2.36. The molecule has 19 heavy (non-hydrogen) atoms. The Kier molecular flexibility index (Phi) is 4.81. The molecule has 0 saturated heterocycles. The molecule has 1 aromatic rings. The van der Waals surface area contributed by atoms with Gasteiger partial charge < -0.3 is 10.6 Å². The molecule has 0 aliphatic heterocycles. The van der Waals surface area contributed by atoms with Crippen molar-refractivity contribution in [3.8, 4) is 0 Å². The highest BCUT2D eigenvalue weighted by atomic mass is 15.2. The molecule has 2 rings (SSSR count). The van der Waals surface area contributed by atoms with Crippen LogP contribution in [0.3, 0.4) is 0 Å². The van der Waals surface area contributed by atoms with E-state index < -0.39 is 0 Å². The van der Waals surface area contributed by atoms with Gasteiger partial charge in [0.2, 0.25) is 0 Å². The molecule has 3 nitrogen and oxygen atoms in total. The normalized spacial score (nSPS) is 16.7. The van der Waals surface area contributed by atoms with Crippen LogP contribution in [-0.4, -0.2) is 23.6 Å². The minimum absolute atomic E-state index is 0.253. The van der Waals surface area contributed by atoms with Crippen LogP contribution in [0.1, 0.15) is 45.6 Å². The summed E-state index contributed by atoms with van der Waals surface area (Å²) in [6, 6.07) is 5.33. The van der Waals surface area contributed by atoms with Crippen molar-refractivity contribution < 1.29 is 0 Å². The molecule has 1 aromatic heterocycles. The van der Waals surface area contributed by atoms with Gasteiger partial charge in [-0.1, -0.05) is 26.8 Å². The number of rotatable bonds is 7. The summed E-state index contributed by atoms with van der Waals surface area (Å²) in [6.07, 6.45) is 6.58. The van der Waals surface area contributed by atoms with Crippen LogP contribution in [0.4, 0.5) is 5.82 Å². The van der Waals surface area contributed by atoms with E-state index in [2.05, 4.69) is 42.8 Å². The molecule has 1 aliphatic rings. The van der Waals surface area contributed by atoms with Gasteiger partial charge in [0.05, 0.1) is 0 Å². The van der Waals surface area contributed by atoms with E-state index in [1.54, 1.807) is 0 Å². The smallest absolute Gasteiger partial charge is 0.128 e. The molecule has 0 amide bonds. The van der Waals surface area contributed by atoms with E-state index in [-0.39, 0.29) is 6.04 Å². The zero-order chi connectivity index (χ0) is 13.8. The van der Waals surface area contributed by atoms with Crippen LogP contribution in [0, 0.1) is 5.92 Å². The van der Waals surface area contributed by atoms with Gasteiger partial charge in [-0.3, -0.25) is 0 Å². The Balaban J connectivity index is 2.03. The molecule has 1 fully saturated rings. The lowest BCUT2D eigenvalue weighted by Crippen LogP contribution is -2.30. The highest BCUT2D eigenvalue weighted by molar-refractivity contribution is 5.42. The Morgan fingerprint density at radius 1 is 1.37 bits per heavy atom. The molecular weight excluding hydrogens is 234 g/mol. The van der Waals surface area contributed by atoms with Crippen molar-refractivity contribution in [2.24, 2.45) is 11.7 Å². The second-order valence-electron chi connectivity index (χ2n) is 6.17. The number of aromatic nitrogens is 1. The SMILES string of the molecule is CCC(N)Cc1ccc(N(CC(C)C)C2CC2)nc1. The van der Waals surface area contributed by atoms with Gasteiger partial charge in [-0.25, -0.2) is 4.98 Å². The lowest BCUT2D eigenvalue weighted by Gasteiger charge is -2.25. The van der Waals surface area contributed by atoms with Gasteiger partial charge in [-0.15, -0.1) is 0 Å². The van der Waals surface area contributed by atoms with Crippen molar-refractivity contribution in [1.29, 1.82) is 0 Å². The summed E-state index contributed by atoms with van der Waals surface area (Å²) < 4.78 is 0. The van der Waals surface area contributed by atoms with Crippen LogP contribution in [0.25, 0.3) is 0 Å². The molecule has 2 N–H and O–H groups in total. The van der Waals surface area contributed by atoms with Gasteiger partial charge in [0.25, 0.3) is 0 Å². The predicted octanol–water partition coefficient (Wildman–Crippen LogP) is 2.99. The Hall–Kier alpha value is -1.09. The van der Waals surface area contributed by atoms with E-state index in [4.69, 9.17) is 5.73 Å². The molecule has 0 aromatic carbocycles. The van der Waals surface area contributed by atoms with E-state index in [9.17, 15) is 0 Å². The number of hydrogen-bond donors (Lipinski definition) is 1. The van der Waals surface area contributed by atoms with Gasteiger partial charge in [-0.05, 0) is 43.2 Å². The molecule has 106 valence electrons. The van der Waals surface area contributed by atoms with Crippen molar-refractivity contribution in [1.82, 2.24) is 4.98 Å². The van der Waals surface area contributed by atoms with Crippen LogP contribution in [0.15, 0.2) is 18.3 Å². The highest BCUT2D eigenvalue weighted by Gasteiger charge is 2.30. The van der Waals surface area contributed by atoms with Gasteiger partial charge >= 0.3 is 0 Å². The summed E-state index contributed by atoms with van der Waals surface area (Å²) in [6.45, 7) is 7.77. The maximum absolute atomic E-state index is 5.99. The average Bonchev–Trinajstić information content (AvgIpc) is 3.21. The number of hydrogen-bond acceptors (Lipinski definition) is 3. The fraction of sp³-hybridized carbons (Fsp3) is 0.688. The molecule has 1 atom stereocenters. The molecule has 1 heterocycles. The number of pyridine rings is 1. The Labute approximate surface area is 117 Å². The molecule has 0 radical (unpaired) electrons. The number of nitrogens with zero attached hydrogens (tertiary/aromatic N) is 2. The minimum Gasteiger partial charge on any atom is -0.353 e.